The van der Waals surface area contributed by atoms with Gasteiger partial charge < -0.3 is 14.7 Å². The topological polar surface area (TPSA) is 74.6 Å². The summed E-state index contributed by atoms with van der Waals surface area (Å²) in [5.41, 5.74) is 2.41. The summed E-state index contributed by atoms with van der Waals surface area (Å²) < 4.78 is 20.0. The number of methoxy groups -OCH3 is 1. The van der Waals surface area contributed by atoms with Crippen LogP contribution in [0.1, 0.15) is 58.4 Å². The SMILES string of the molecule is C#Cc1c(F)ccc2cccc(-c3ncc4c(N5CCCC(C)C5)nc(OC)nc4c3P)c12.CCC1CCC(CO)N1CC. The Hall–Kier alpha value is -3.37. The Bertz CT molecular complexity index is 1660. The monoisotopic (exact) mass is 615 g/mol. The van der Waals surface area contributed by atoms with Gasteiger partial charge in [0.25, 0.3) is 0 Å². The average molecular weight is 616 g/mol. The third-order valence-electron chi connectivity index (χ3n) is 9.09. The van der Waals surface area contributed by atoms with E-state index in [2.05, 4.69) is 55.7 Å². The van der Waals surface area contributed by atoms with Gasteiger partial charge in [-0.1, -0.05) is 51.0 Å². The summed E-state index contributed by atoms with van der Waals surface area (Å²) in [6.07, 6.45) is 13.5. The molecule has 1 N–H and O–H groups in total. The van der Waals surface area contributed by atoms with E-state index in [9.17, 15) is 4.39 Å². The standard InChI is InChI=1S/C26H24FN4OP.C9H19NO/c1-4-17-20(27)11-10-16-8-5-9-18(21(16)17)22-24(33)23-19(13-28-22)25(30-26(29-23)32-3)31-12-6-7-15(2)14-31;1-3-8-5-6-9(7-11)10(8)4-2/h1,5,8-11,13,15H,6-7,12,14,33H2,2-3H3;8-9,11H,3-7H2,1-2H3. The van der Waals surface area contributed by atoms with Crippen LogP contribution in [-0.4, -0.2) is 70.4 Å². The van der Waals surface area contributed by atoms with Crippen LogP contribution in [0.3, 0.4) is 0 Å². The molecule has 4 heterocycles. The van der Waals surface area contributed by atoms with Gasteiger partial charge in [-0.3, -0.25) is 9.88 Å². The van der Waals surface area contributed by atoms with Crippen LogP contribution in [0, 0.1) is 24.1 Å². The van der Waals surface area contributed by atoms with Crippen LogP contribution in [0.25, 0.3) is 32.9 Å². The molecule has 2 fully saturated rings. The highest BCUT2D eigenvalue weighted by Crippen LogP contribution is 2.35. The smallest absolute Gasteiger partial charge is 0.318 e. The molecule has 9 heteroatoms. The van der Waals surface area contributed by atoms with Crippen molar-refractivity contribution in [3.8, 4) is 29.6 Å². The molecule has 232 valence electrons. The number of benzene rings is 2. The number of hydrogen-bond donors (Lipinski definition) is 1. The minimum Gasteiger partial charge on any atom is -0.467 e. The lowest BCUT2D eigenvalue weighted by atomic mass is 9.96. The number of aliphatic hydroxyl groups is 1. The number of anilines is 1. The molecule has 6 rings (SSSR count). The highest BCUT2D eigenvalue weighted by Gasteiger charge is 2.30. The summed E-state index contributed by atoms with van der Waals surface area (Å²) >= 11 is 0. The van der Waals surface area contributed by atoms with Gasteiger partial charge in [0, 0.05) is 47.6 Å². The van der Waals surface area contributed by atoms with Crippen LogP contribution in [0.5, 0.6) is 6.01 Å². The Morgan fingerprint density at radius 1 is 1.14 bits per heavy atom. The molecule has 0 bridgehead atoms. The van der Waals surface area contributed by atoms with E-state index in [0.717, 1.165) is 65.1 Å². The number of aliphatic hydroxyl groups excluding tert-OH is 1. The predicted octanol–water partition coefficient (Wildman–Crippen LogP) is 5.95. The summed E-state index contributed by atoms with van der Waals surface area (Å²) in [6, 6.07) is 10.4. The van der Waals surface area contributed by atoms with Gasteiger partial charge in [-0.2, -0.15) is 9.97 Å². The van der Waals surface area contributed by atoms with Gasteiger partial charge in [-0.25, -0.2) is 4.39 Å². The molecule has 0 aliphatic carbocycles. The Morgan fingerprint density at radius 2 is 1.93 bits per heavy atom. The van der Waals surface area contributed by atoms with E-state index in [-0.39, 0.29) is 5.56 Å². The molecule has 2 aliphatic heterocycles. The number of aromatic nitrogens is 3. The van der Waals surface area contributed by atoms with Crippen molar-refractivity contribution in [3.05, 3.63) is 47.9 Å². The molecule has 4 unspecified atom stereocenters. The van der Waals surface area contributed by atoms with E-state index in [0.29, 0.717) is 35.7 Å². The number of ether oxygens (including phenoxy) is 1. The molecule has 4 aromatic rings. The molecule has 7 nitrogen and oxygen atoms in total. The van der Waals surface area contributed by atoms with Crippen molar-refractivity contribution in [2.75, 3.05) is 38.3 Å². The maximum atomic E-state index is 14.5. The number of likely N-dealkylation sites (N-methyl/N-ethyl adjacent to an activating group) is 1. The molecule has 44 heavy (non-hydrogen) atoms. The van der Waals surface area contributed by atoms with Crippen LogP contribution >= 0.6 is 9.24 Å². The van der Waals surface area contributed by atoms with Crippen molar-refractivity contribution in [2.24, 2.45) is 5.92 Å². The minimum absolute atomic E-state index is 0.234. The van der Waals surface area contributed by atoms with E-state index in [1.165, 1.54) is 31.7 Å². The maximum absolute atomic E-state index is 14.5. The number of nitrogens with zero attached hydrogens (tertiary/aromatic N) is 5. The lowest BCUT2D eigenvalue weighted by Gasteiger charge is -2.32. The van der Waals surface area contributed by atoms with Gasteiger partial charge in [0.1, 0.15) is 11.6 Å². The molecule has 0 radical (unpaired) electrons. The zero-order valence-corrected chi connectivity index (χ0v) is 27.3. The van der Waals surface area contributed by atoms with Crippen LogP contribution in [0.15, 0.2) is 36.5 Å². The molecule has 2 aromatic heterocycles. The molecule has 0 saturated carbocycles. The second-order valence-electron chi connectivity index (χ2n) is 11.8. The van der Waals surface area contributed by atoms with E-state index in [4.69, 9.17) is 21.3 Å². The maximum Gasteiger partial charge on any atom is 0.318 e. The number of likely N-dealkylation sites (tertiary alicyclic amines) is 1. The van der Waals surface area contributed by atoms with Crippen molar-refractivity contribution in [2.45, 2.75) is 65.0 Å². The van der Waals surface area contributed by atoms with E-state index >= 15 is 0 Å². The fourth-order valence-corrected chi connectivity index (χ4v) is 7.31. The Morgan fingerprint density at radius 3 is 2.61 bits per heavy atom. The first-order valence-corrected chi connectivity index (χ1v) is 16.2. The quantitative estimate of drug-likeness (QED) is 0.212. The normalized spacial score (nSPS) is 20.4. The largest absolute Gasteiger partial charge is 0.467 e. The van der Waals surface area contributed by atoms with Crippen molar-refractivity contribution in [1.29, 1.82) is 0 Å². The van der Waals surface area contributed by atoms with Gasteiger partial charge >= 0.3 is 6.01 Å². The number of rotatable bonds is 6. The first-order valence-electron chi connectivity index (χ1n) is 15.6. The third-order valence-corrected chi connectivity index (χ3v) is 9.64. The summed E-state index contributed by atoms with van der Waals surface area (Å²) in [5.74, 6) is 3.52. The fourth-order valence-electron chi connectivity index (χ4n) is 6.86. The number of hydrogen-bond acceptors (Lipinski definition) is 7. The number of halogens is 1. The number of fused-ring (bicyclic) bond motifs is 2. The summed E-state index contributed by atoms with van der Waals surface area (Å²) in [7, 11) is 4.33. The molecule has 2 aromatic carbocycles. The van der Waals surface area contributed by atoms with Crippen LogP contribution in [0.4, 0.5) is 10.2 Å². The first kappa shape index (κ1) is 32.0. The molecule has 2 aliphatic rings. The van der Waals surface area contributed by atoms with Gasteiger partial charge in [0.2, 0.25) is 0 Å². The number of piperidine rings is 1. The van der Waals surface area contributed by atoms with Gasteiger partial charge in [-0.05, 0) is 56.0 Å². The molecule has 0 amide bonds. The lowest BCUT2D eigenvalue weighted by Crippen LogP contribution is -2.37. The third kappa shape index (κ3) is 6.24. The molecular weight excluding hydrogens is 572 g/mol. The van der Waals surface area contributed by atoms with Gasteiger partial charge in [-0.15, -0.1) is 15.7 Å². The van der Waals surface area contributed by atoms with E-state index in [1.54, 1.807) is 19.4 Å². The highest BCUT2D eigenvalue weighted by atomic mass is 31.0. The zero-order valence-electron chi connectivity index (χ0n) is 26.2. The Labute approximate surface area is 262 Å². The van der Waals surface area contributed by atoms with Crippen molar-refractivity contribution >= 4 is 42.0 Å². The number of pyridine rings is 1. The Balaban J connectivity index is 0.000000296. The van der Waals surface area contributed by atoms with E-state index < -0.39 is 5.82 Å². The summed E-state index contributed by atoms with van der Waals surface area (Å²) in [6.45, 7) is 9.95. The molecule has 2 saturated heterocycles. The molecule has 4 atom stereocenters. The highest BCUT2D eigenvalue weighted by molar-refractivity contribution is 7.28. The van der Waals surface area contributed by atoms with Crippen LogP contribution < -0.4 is 14.9 Å². The summed E-state index contributed by atoms with van der Waals surface area (Å²) in [4.78, 5) is 18.9. The number of terminal acetylenes is 1. The fraction of sp³-hybridized carbons (Fsp3) is 0.457. The first-order chi connectivity index (χ1) is 21.3. The molecular formula is C35H43FN5O2P. The predicted molar refractivity (Wildman–Crippen MR) is 181 cm³/mol. The van der Waals surface area contributed by atoms with Crippen molar-refractivity contribution < 1.29 is 14.2 Å². The zero-order chi connectivity index (χ0) is 31.4. The average Bonchev–Trinajstić information content (AvgIpc) is 3.47. The molecule has 0 spiro atoms. The van der Waals surface area contributed by atoms with Crippen molar-refractivity contribution in [1.82, 2.24) is 19.9 Å². The van der Waals surface area contributed by atoms with Crippen LogP contribution in [0.2, 0.25) is 0 Å². The lowest BCUT2D eigenvalue weighted by molar-refractivity contribution is 0.133. The van der Waals surface area contributed by atoms with Crippen molar-refractivity contribution in [3.63, 3.8) is 0 Å². The minimum atomic E-state index is -0.422. The summed E-state index contributed by atoms with van der Waals surface area (Å²) in [5, 5.41) is 12.2. The second kappa shape index (κ2) is 14.2. The van der Waals surface area contributed by atoms with Crippen LogP contribution in [-0.2, 0) is 0 Å². The van der Waals surface area contributed by atoms with Gasteiger partial charge in [0.05, 0.1) is 35.9 Å². The van der Waals surface area contributed by atoms with E-state index in [1.807, 2.05) is 18.2 Å². The second-order valence-corrected chi connectivity index (χ2v) is 12.4. The Kier molecular flexibility index (Phi) is 10.3. The van der Waals surface area contributed by atoms with Gasteiger partial charge in [0.15, 0.2) is 0 Å².